The molecule has 8 heteroatoms. The number of nitrogens with zero attached hydrogens (tertiary/aromatic N) is 2. The zero-order chi connectivity index (χ0) is 19.2. The largest absolute Gasteiger partial charge is 0.322 e. The molecule has 2 amide bonds. The minimum Gasteiger partial charge on any atom is -0.322 e. The highest BCUT2D eigenvalue weighted by Gasteiger charge is 2.21. The van der Waals surface area contributed by atoms with Crippen LogP contribution in [0.5, 0.6) is 0 Å². The first-order valence-electron chi connectivity index (χ1n) is 9.22. The summed E-state index contributed by atoms with van der Waals surface area (Å²) in [6.45, 7) is 0.353. The Labute approximate surface area is 163 Å². The number of nitrogens with one attached hydrogen (secondary N) is 3. The third-order valence-electron chi connectivity index (χ3n) is 4.68. The van der Waals surface area contributed by atoms with Crippen molar-refractivity contribution in [2.75, 3.05) is 30.8 Å². The van der Waals surface area contributed by atoms with Gasteiger partial charge in [0.2, 0.25) is 0 Å². The number of hydrogen-bond donors (Lipinski definition) is 3. The summed E-state index contributed by atoms with van der Waals surface area (Å²) in [6.07, 6.45) is 6.30. The van der Waals surface area contributed by atoms with Crippen LogP contribution in [0.2, 0.25) is 5.02 Å². The lowest BCUT2D eigenvalue weighted by Gasteiger charge is -2.16. The number of para-hydroxylation sites is 1. The predicted molar refractivity (Wildman–Crippen MR) is 105 cm³/mol. The van der Waals surface area contributed by atoms with E-state index in [-0.39, 0.29) is 24.9 Å². The number of carbonyl (C=O) groups is 2. The van der Waals surface area contributed by atoms with Gasteiger partial charge < -0.3 is 15.5 Å². The normalized spacial score (nSPS) is 15.5. The number of anilines is 2. The molecule has 0 radical (unpaired) electrons. The second-order valence-electron chi connectivity index (χ2n) is 6.99. The molecule has 1 atom stereocenters. The van der Waals surface area contributed by atoms with Crippen LogP contribution in [0.1, 0.15) is 31.7 Å². The molecule has 1 saturated carbocycles. The topological polar surface area (TPSA) is 80.5 Å². The molecule has 2 aromatic rings. The molecule has 1 aliphatic rings. The van der Waals surface area contributed by atoms with Crippen LogP contribution in [0, 0.1) is 0 Å². The van der Waals surface area contributed by atoms with Crippen molar-refractivity contribution >= 4 is 34.9 Å². The van der Waals surface area contributed by atoms with E-state index in [0.717, 1.165) is 23.6 Å². The number of amides is 2. The summed E-state index contributed by atoms with van der Waals surface area (Å²) in [5.41, 5.74) is 0.571. The minimum atomic E-state index is -0.190. The van der Waals surface area contributed by atoms with Gasteiger partial charge in [0.1, 0.15) is 5.82 Å². The van der Waals surface area contributed by atoms with Gasteiger partial charge in [0.05, 0.1) is 30.0 Å². The first kappa shape index (κ1) is 19.4. The SMILES string of the molecule is C[NH+](CC(=O)Nc1ccccc1Cl)CC(=O)Nc1ccnn1C1CCCC1. The first-order valence-corrected chi connectivity index (χ1v) is 9.60. The molecule has 27 heavy (non-hydrogen) atoms. The molecular weight excluding hydrogens is 366 g/mol. The van der Waals surface area contributed by atoms with E-state index in [1.165, 1.54) is 12.8 Å². The molecule has 144 valence electrons. The molecule has 1 heterocycles. The summed E-state index contributed by atoms with van der Waals surface area (Å²) in [7, 11) is 1.81. The third kappa shape index (κ3) is 5.30. The van der Waals surface area contributed by atoms with Gasteiger partial charge in [-0.1, -0.05) is 36.6 Å². The van der Waals surface area contributed by atoms with Crippen molar-refractivity contribution in [2.24, 2.45) is 0 Å². The number of hydrogen-bond acceptors (Lipinski definition) is 3. The first-order chi connectivity index (χ1) is 13.0. The lowest BCUT2D eigenvalue weighted by Crippen LogP contribution is -3.11. The Balaban J connectivity index is 1.48. The van der Waals surface area contributed by atoms with Gasteiger partial charge in [0.25, 0.3) is 11.8 Å². The fraction of sp³-hybridized carbons (Fsp3) is 0.421. The number of rotatable bonds is 7. The van der Waals surface area contributed by atoms with Crippen LogP contribution in [0.15, 0.2) is 36.5 Å². The van der Waals surface area contributed by atoms with E-state index in [4.69, 9.17) is 11.6 Å². The number of likely N-dealkylation sites (N-methyl/N-ethyl adjacent to an activating group) is 1. The fourth-order valence-corrected chi connectivity index (χ4v) is 3.59. The quantitative estimate of drug-likeness (QED) is 0.673. The molecule has 7 nitrogen and oxygen atoms in total. The van der Waals surface area contributed by atoms with Crippen LogP contribution < -0.4 is 15.5 Å². The fourth-order valence-electron chi connectivity index (χ4n) is 3.41. The summed E-state index contributed by atoms with van der Waals surface area (Å²) in [5, 5.41) is 10.5. The standard InChI is InChI=1S/C19H24ClN5O2/c1-24(12-18(26)22-16-9-5-4-8-15(16)20)13-19(27)23-17-10-11-21-25(17)14-6-2-3-7-14/h4-5,8-11,14H,2-3,6-7,12-13H2,1H3,(H,22,26)(H,23,27)/p+1. The zero-order valence-electron chi connectivity index (χ0n) is 15.4. The van der Waals surface area contributed by atoms with Crippen LogP contribution >= 0.6 is 11.6 Å². The van der Waals surface area contributed by atoms with Gasteiger partial charge in [0, 0.05) is 6.07 Å². The van der Waals surface area contributed by atoms with Crippen molar-refractivity contribution in [3.8, 4) is 0 Å². The Hall–Kier alpha value is -2.38. The van der Waals surface area contributed by atoms with Gasteiger partial charge in [0.15, 0.2) is 13.1 Å². The Morgan fingerprint density at radius 1 is 1.15 bits per heavy atom. The molecule has 1 aromatic carbocycles. The minimum absolute atomic E-state index is 0.141. The van der Waals surface area contributed by atoms with E-state index in [9.17, 15) is 9.59 Å². The molecule has 0 spiro atoms. The van der Waals surface area contributed by atoms with Gasteiger partial charge in [-0.3, -0.25) is 9.59 Å². The average molecular weight is 391 g/mol. The lowest BCUT2D eigenvalue weighted by molar-refractivity contribution is -0.862. The molecular formula is C19H25ClN5O2+. The highest BCUT2D eigenvalue weighted by Crippen LogP contribution is 2.31. The molecule has 3 N–H and O–H groups in total. The molecule has 0 bridgehead atoms. The van der Waals surface area contributed by atoms with Crippen LogP contribution in [-0.4, -0.2) is 41.7 Å². The Bertz CT molecular complexity index is 801. The molecule has 1 unspecified atom stereocenters. The maximum atomic E-state index is 12.4. The van der Waals surface area contributed by atoms with E-state index in [2.05, 4.69) is 15.7 Å². The predicted octanol–water partition coefficient (Wildman–Crippen LogP) is 1.74. The van der Waals surface area contributed by atoms with Crippen molar-refractivity contribution in [3.63, 3.8) is 0 Å². The third-order valence-corrected chi connectivity index (χ3v) is 5.01. The van der Waals surface area contributed by atoms with Crippen LogP contribution in [0.4, 0.5) is 11.5 Å². The highest BCUT2D eigenvalue weighted by atomic mass is 35.5. The van der Waals surface area contributed by atoms with Crippen molar-refractivity contribution in [2.45, 2.75) is 31.7 Å². The molecule has 1 fully saturated rings. The van der Waals surface area contributed by atoms with Gasteiger partial charge >= 0.3 is 0 Å². The number of aromatic nitrogens is 2. The smallest absolute Gasteiger partial charge is 0.280 e. The lowest BCUT2D eigenvalue weighted by atomic mass is 10.2. The number of carbonyl (C=O) groups excluding carboxylic acids is 2. The van der Waals surface area contributed by atoms with Crippen molar-refractivity contribution < 1.29 is 14.5 Å². The van der Waals surface area contributed by atoms with E-state index in [0.29, 0.717) is 16.8 Å². The Morgan fingerprint density at radius 3 is 2.52 bits per heavy atom. The maximum absolute atomic E-state index is 12.4. The van der Waals surface area contributed by atoms with E-state index < -0.39 is 0 Å². The van der Waals surface area contributed by atoms with E-state index in [1.807, 2.05) is 10.7 Å². The number of quaternary nitrogens is 1. The van der Waals surface area contributed by atoms with E-state index >= 15 is 0 Å². The Kier molecular flexibility index (Phi) is 6.47. The van der Waals surface area contributed by atoms with E-state index in [1.54, 1.807) is 37.5 Å². The monoisotopic (exact) mass is 390 g/mol. The second kappa shape index (κ2) is 9.01. The number of benzene rings is 1. The van der Waals surface area contributed by atoms with Gasteiger partial charge in [-0.25, -0.2) is 4.68 Å². The van der Waals surface area contributed by atoms with Crippen molar-refractivity contribution in [1.82, 2.24) is 9.78 Å². The van der Waals surface area contributed by atoms with Gasteiger partial charge in [-0.2, -0.15) is 5.10 Å². The molecule has 0 saturated heterocycles. The second-order valence-corrected chi connectivity index (χ2v) is 7.39. The van der Waals surface area contributed by atoms with Crippen molar-refractivity contribution in [1.29, 1.82) is 0 Å². The highest BCUT2D eigenvalue weighted by molar-refractivity contribution is 6.33. The molecule has 1 aromatic heterocycles. The van der Waals surface area contributed by atoms with Crippen LogP contribution in [0.25, 0.3) is 0 Å². The Morgan fingerprint density at radius 2 is 1.81 bits per heavy atom. The van der Waals surface area contributed by atoms with Gasteiger partial charge in [-0.05, 0) is 25.0 Å². The van der Waals surface area contributed by atoms with Crippen LogP contribution in [0.3, 0.4) is 0 Å². The number of halogens is 1. The molecule has 1 aliphatic carbocycles. The molecule has 3 rings (SSSR count). The summed E-state index contributed by atoms with van der Waals surface area (Å²) >= 11 is 6.04. The summed E-state index contributed by atoms with van der Waals surface area (Å²) in [5.74, 6) is 0.391. The van der Waals surface area contributed by atoms with Gasteiger partial charge in [-0.15, -0.1) is 0 Å². The average Bonchev–Trinajstić information content (AvgIpc) is 3.27. The summed E-state index contributed by atoms with van der Waals surface area (Å²) in [6, 6.07) is 9.24. The molecule has 0 aliphatic heterocycles. The zero-order valence-corrected chi connectivity index (χ0v) is 16.1. The van der Waals surface area contributed by atoms with Crippen LogP contribution in [-0.2, 0) is 9.59 Å². The summed E-state index contributed by atoms with van der Waals surface area (Å²) in [4.78, 5) is 25.3. The van der Waals surface area contributed by atoms with Crippen molar-refractivity contribution in [3.05, 3.63) is 41.6 Å². The maximum Gasteiger partial charge on any atom is 0.280 e. The summed E-state index contributed by atoms with van der Waals surface area (Å²) < 4.78 is 1.91.